The van der Waals surface area contributed by atoms with Crippen molar-refractivity contribution in [3.05, 3.63) is 59.4 Å². The number of rotatable bonds is 13. The van der Waals surface area contributed by atoms with E-state index in [1.165, 1.54) is 57.4 Å². The Labute approximate surface area is 181 Å². The van der Waals surface area contributed by atoms with Crippen LogP contribution in [0.4, 0.5) is 4.39 Å². The molecular weight excluding hydrogens is 375 g/mol. The lowest BCUT2D eigenvalue weighted by molar-refractivity contribution is 0.290. The Morgan fingerprint density at radius 3 is 1.90 bits per heavy atom. The Kier molecular flexibility index (Phi) is 11.5. The minimum absolute atomic E-state index is 0.306. The fourth-order valence-electron chi connectivity index (χ4n) is 3.29. The molecule has 0 N–H and O–H groups in total. The molecule has 0 bridgehead atoms. The SMILES string of the molecule is CCCCCCCCCCCCOc1ccc(C#Cc2ccc(OC)cc2)cc1F. The zero-order valence-corrected chi connectivity index (χ0v) is 18.5. The molecule has 2 aromatic rings. The first kappa shape index (κ1) is 23.8. The van der Waals surface area contributed by atoms with E-state index in [9.17, 15) is 4.39 Å². The summed E-state index contributed by atoms with van der Waals surface area (Å²) in [5.41, 5.74) is 1.49. The molecular formula is C27H35FO2. The highest BCUT2D eigenvalue weighted by Gasteiger charge is 2.04. The van der Waals surface area contributed by atoms with E-state index in [1.807, 2.05) is 24.3 Å². The molecule has 0 aromatic heterocycles. The molecule has 0 aliphatic carbocycles. The van der Waals surface area contributed by atoms with Crippen molar-refractivity contribution in [3.63, 3.8) is 0 Å². The lowest BCUT2D eigenvalue weighted by Gasteiger charge is -2.07. The van der Waals surface area contributed by atoms with Gasteiger partial charge in [-0.15, -0.1) is 0 Å². The second-order valence-electron chi connectivity index (χ2n) is 7.65. The van der Waals surface area contributed by atoms with E-state index in [0.29, 0.717) is 17.9 Å². The highest BCUT2D eigenvalue weighted by Crippen LogP contribution is 2.19. The first-order valence-electron chi connectivity index (χ1n) is 11.3. The van der Waals surface area contributed by atoms with E-state index >= 15 is 0 Å². The van der Waals surface area contributed by atoms with Gasteiger partial charge in [0.2, 0.25) is 0 Å². The van der Waals surface area contributed by atoms with Crippen LogP contribution in [-0.2, 0) is 0 Å². The fraction of sp³-hybridized carbons (Fsp3) is 0.481. The first-order valence-corrected chi connectivity index (χ1v) is 11.3. The Bertz CT molecular complexity index is 787. The van der Waals surface area contributed by atoms with Crippen molar-refractivity contribution in [2.24, 2.45) is 0 Å². The maximum absolute atomic E-state index is 14.3. The smallest absolute Gasteiger partial charge is 0.166 e. The van der Waals surface area contributed by atoms with E-state index in [-0.39, 0.29) is 5.82 Å². The van der Waals surface area contributed by atoms with Gasteiger partial charge < -0.3 is 9.47 Å². The van der Waals surface area contributed by atoms with Crippen molar-refractivity contribution in [3.8, 4) is 23.3 Å². The molecule has 30 heavy (non-hydrogen) atoms. The molecule has 2 nitrogen and oxygen atoms in total. The van der Waals surface area contributed by atoms with E-state index < -0.39 is 0 Å². The second kappa shape index (κ2) is 14.5. The van der Waals surface area contributed by atoms with Gasteiger partial charge in [0.25, 0.3) is 0 Å². The molecule has 3 heteroatoms. The molecule has 0 aliphatic rings. The molecule has 2 aromatic carbocycles. The zero-order chi connectivity index (χ0) is 21.4. The number of unbranched alkanes of at least 4 members (excludes halogenated alkanes) is 9. The minimum atomic E-state index is -0.358. The molecule has 0 saturated carbocycles. The number of ether oxygens (including phenoxy) is 2. The van der Waals surface area contributed by atoms with Gasteiger partial charge in [-0.25, -0.2) is 4.39 Å². The normalized spacial score (nSPS) is 10.4. The fourth-order valence-corrected chi connectivity index (χ4v) is 3.29. The van der Waals surface area contributed by atoms with Crippen molar-refractivity contribution in [1.82, 2.24) is 0 Å². The summed E-state index contributed by atoms with van der Waals surface area (Å²) in [6, 6.07) is 12.4. The monoisotopic (exact) mass is 410 g/mol. The van der Waals surface area contributed by atoms with E-state index in [0.717, 1.165) is 24.2 Å². The van der Waals surface area contributed by atoms with Crippen molar-refractivity contribution in [2.75, 3.05) is 13.7 Å². The van der Waals surface area contributed by atoms with E-state index in [1.54, 1.807) is 19.2 Å². The van der Waals surface area contributed by atoms with Crippen molar-refractivity contribution < 1.29 is 13.9 Å². The van der Waals surface area contributed by atoms with Crippen LogP contribution in [0.1, 0.15) is 82.3 Å². The Hall–Kier alpha value is -2.47. The molecule has 0 heterocycles. The summed E-state index contributed by atoms with van der Waals surface area (Å²) < 4.78 is 25.0. The van der Waals surface area contributed by atoms with Gasteiger partial charge in [0.1, 0.15) is 5.75 Å². The van der Waals surface area contributed by atoms with Crippen molar-refractivity contribution >= 4 is 0 Å². The summed E-state index contributed by atoms with van der Waals surface area (Å²) in [6.07, 6.45) is 12.7. The van der Waals surface area contributed by atoms with Gasteiger partial charge in [0, 0.05) is 11.1 Å². The quantitative estimate of drug-likeness (QED) is 0.251. The maximum Gasteiger partial charge on any atom is 0.166 e. The second-order valence-corrected chi connectivity index (χ2v) is 7.65. The highest BCUT2D eigenvalue weighted by atomic mass is 19.1. The third-order valence-electron chi connectivity index (χ3n) is 5.13. The van der Waals surface area contributed by atoms with Crippen LogP contribution in [0.3, 0.4) is 0 Å². The van der Waals surface area contributed by atoms with Gasteiger partial charge in [0.05, 0.1) is 13.7 Å². The standard InChI is InChI=1S/C27H35FO2/c1-3-4-5-6-7-8-9-10-11-12-21-30-27-20-17-24(22-26(27)28)14-13-23-15-18-25(29-2)19-16-23/h15-20,22H,3-12,21H2,1-2H3. The predicted molar refractivity (Wildman–Crippen MR) is 123 cm³/mol. The number of hydrogen-bond donors (Lipinski definition) is 0. The topological polar surface area (TPSA) is 18.5 Å². The molecule has 0 aliphatic heterocycles. The summed E-state index contributed by atoms with van der Waals surface area (Å²) in [7, 11) is 1.63. The number of halogens is 1. The number of benzene rings is 2. The Balaban J connectivity index is 1.65. The first-order chi connectivity index (χ1) is 14.7. The summed E-state index contributed by atoms with van der Waals surface area (Å²) in [6.45, 7) is 2.81. The van der Waals surface area contributed by atoms with Crippen molar-refractivity contribution in [1.29, 1.82) is 0 Å². The van der Waals surface area contributed by atoms with Crippen LogP contribution in [0.2, 0.25) is 0 Å². The van der Waals surface area contributed by atoms with E-state index in [4.69, 9.17) is 9.47 Å². The van der Waals surface area contributed by atoms with Gasteiger partial charge in [-0.1, -0.05) is 76.6 Å². The molecule has 2 rings (SSSR count). The number of hydrogen-bond acceptors (Lipinski definition) is 2. The molecule has 162 valence electrons. The summed E-state index contributed by atoms with van der Waals surface area (Å²) in [4.78, 5) is 0. The van der Waals surface area contributed by atoms with Gasteiger partial charge in [-0.05, 0) is 48.9 Å². The highest BCUT2D eigenvalue weighted by molar-refractivity contribution is 5.45. The average Bonchev–Trinajstić information content (AvgIpc) is 2.77. The van der Waals surface area contributed by atoms with Crippen LogP contribution in [0.25, 0.3) is 0 Å². The lowest BCUT2D eigenvalue weighted by atomic mass is 10.1. The van der Waals surface area contributed by atoms with Crippen LogP contribution in [0.15, 0.2) is 42.5 Å². The van der Waals surface area contributed by atoms with Crippen LogP contribution in [0.5, 0.6) is 11.5 Å². The Morgan fingerprint density at radius 1 is 0.733 bits per heavy atom. The zero-order valence-electron chi connectivity index (χ0n) is 18.5. The molecule has 0 unspecified atom stereocenters. The Morgan fingerprint density at radius 2 is 1.30 bits per heavy atom. The third kappa shape index (κ3) is 9.35. The number of methoxy groups -OCH3 is 1. The molecule has 0 fully saturated rings. The largest absolute Gasteiger partial charge is 0.497 e. The maximum atomic E-state index is 14.3. The molecule has 0 radical (unpaired) electrons. The van der Waals surface area contributed by atoms with Crippen LogP contribution in [-0.4, -0.2) is 13.7 Å². The van der Waals surface area contributed by atoms with Gasteiger partial charge in [-0.2, -0.15) is 0 Å². The van der Waals surface area contributed by atoms with Crippen LogP contribution < -0.4 is 9.47 Å². The summed E-state index contributed by atoms with van der Waals surface area (Å²) in [5, 5.41) is 0. The molecule has 0 saturated heterocycles. The molecule has 0 atom stereocenters. The van der Waals surface area contributed by atoms with Gasteiger partial charge in [0.15, 0.2) is 11.6 Å². The minimum Gasteiger partial charge on any atom is -0.497 e. The molecule has 0 amide bonds. The van der Waals surface area contributed by atoms with Gasteiger partial charge >= 0.3 is 0 Å². The lowest BCUT2D eigenvalue weighted by Crippen LogP contribution is -1.99. The molecule has 0 spiro atoms. The van der Waals surface area contributed by atoms with Crippen LogP contribution in [0, 0.1) is 17.7 Å². The summed E-state index contributed by atoms with van der Waals surface area (Å²) in [5.74, 6) is 6.76. The average molecular weight is 411 g/mol. The van der Waals surface area contributed by atoms with Gasteiger partial charge in [-0.3, -0.25) is 0 Å². The summed E-state index contributed by atoms with van der Waals surface area (Å²) >= 11 is 0. The third-order valence-corrected chi connectivity index (χ3v) is 5.13. The predicted octanol–water partition coefficient (Wildman–Crippen LogP) is 7.53. The van der Waals surface area contributed by atoms with E-state index in [2.05, 4.69) is 18.8 Å². The van der Waals surface area contributed by atoms with Crippen molar-refractivity contribution in [2.45, 2.75) is 71.1 Å². The van der Waals surface area contributed by atoms with Crippen LogP contribution >= 0.6 is 0 Å².